The fourth-order valence-electron chi connectivity index (χ4n) is 1.91. The highest BCUT2D eigenvalue weighted by Crippen LogP contribution is 2.20. The van der Waals surface area contributed by atoms with Gasteiger partial charge in [-0.2, -0.15) is 13.2 Å². The highest BCUT2D eigenvalue weighted by Gasteiger charge is 2.36. The minimum absolute atomic E-state index is 0.486. The SMILES string of the molecule is CCCCCCC(=O)C[S+]1CCCC1.O=S(=O)([O-])C(F)(F)F. The number of ketones is 1. The molecule has 0 amide bonds. The van der Waals surface area contributed by atoms with Crippen molar-refractivity contribution in [1.29, 1.82) is 0 Å². The van der Waals surface area contributed by atoms with Gasteiger partial charge in [0, 0.05) is 6.42 Å². The Bertz CT molecular complexity index is 415. The molecule has 9 heteroatoms. The first-order chi connectivity index (χ1) is 10.1. The summed E-state index contributed by atoms with van der Waals surface area (Å²) < 4.78 is 58.9. The van der Waals surface area contributed by atoms with Gasteiger partial charge in [-0.05, 0) is 30.2 Å². The van der Waals surface area contributed by atoms with Crippen LogP contribution in [0.5, 0.6) is 0 Å². The monoisotopic (exact) mass is 364 g/mol. The van der Waals surface area contributed by atoms with Crippen molar-refractivity contribution in [2.45, 2.75) is 57.4 Å². The summed E-state index contributed by atoms with van der Waals surface area (Å²) in [4.78, 5) is 11.6. The van der Waals surface area contributed by atoms with Gasteiger partial charge in [0.15, 0.2) is 21.7 Å². The van der Waals surface area contributed by atoms with Gasteiger partial charge in [0.05, 0.1) is 0 Å². The number of carbonyl (C=O) groups excluding carboxylic acids is 1. The van der Waals surface area contributed by atoms with Crippen molar-refractivity contribution in [2.75, 3.05) is 17.3 Å². The van der Waals surface area contributed by atoms with Crippen molar-refractivity contribution in [3.63, 3.8) is 0 Å². The number of unbranched alkanes of at least 4 members (excludes halogenated alkanes) is 3. The van der Waals surface area contributed by atoms with E-state index in [4.69, 9.17) is 13.0 Å². The van der Waals surface area contributed by atoms with Crippen molar-refractivity contribution in [3.8, 4) is 0 Å². The van der Waals surface area contributed by atoms with Crippen molar-refractivity contribution < 1.29 is 30.9 Å². The Balaban J connectivity index is 0.000000472. The molecule has 1 fully saturated rings. The van der Waals surface area contributed by atoms with Gasteiger partial charge in [0.25, 0.3) is 0 Å². The molecule has 0 aliphatic carbocycles. The van der Waals surface area contributed by atoms with Crippen LogP contribution in [-0.2, 0) is 25.8 Å². The number of carbonyl (C=O) groups is 1. The second-order valence-corrected chi connectivity index (χ2v) is 8.82. The molecule has 1 heterocycles. The van der Waals surface area contributed by atoms with E-state index in [0.717, 1.165) is 18.6 Å². The number of halogens is 3. The topological polar surface area (TPSA) is 74.3 Å². The Morgan fingerprint density at radius 2 is 1.64 bits per heavy atom. The second kappa shape index (κ2) is 10.5. The van der Waals surface area contributed by atoms with Gasteiger partial charge in [-0.25, -0.2) is 8.42 Å². The zero-order chi connectivity index (χ0) is 17.2. The first-order valence-corrected chi connectivity index (χ1v) is 10.4. The van der Waals surface area contributed by atoms with Crippen LogP contribution < -0.4 is 0 Å². The predicted molar refractivity (Wildman–Crippen MR) is 80.7 cm³/mol. The van der Waals surface area contributed by atoms with Gasteiger partial charge in [0.2, 0.25) is 0 Å². The Hall–Kier alpha value is -0.280. The number of hydrogen-bond donors (Lipinski definition) is 0. The van der Waals surface area contributed by atoms with E-state index in [1.54, 1.807) is 0 Å². The fourth-order valence-corrected chi connectivity index (χ4v) is 4.22. The van der Waals surface area contributed by atoms with E-state index in [2.05, 4.69) is 6.92 Å². The molecule has 0 spiro atoms. The van der Waals surface area contributed by atoms with Gasteiger partial charge >= 0.3 is 5.51 Å². The Morgan fingerprint density at radius 3 is 2.05 bits per heavy atom. The van der Waals surface area contributed by atoms with Crippen molar-refractivity contribution >= 4 is 26.8 Å². The van der Waals surface area contributed by atoms with Crippen LogP contribution >= 0.6 is 0 Å². The van der Waals surface area contributed by atoms with Gasteiger partial charge < -0.3 is 4.55 Å². The summed E-state index contributed by atoms with van der Waals surface area (Å²) in [6.07, 6.45) is 8.51. The van der Waals surface area contributed by atoms with E-state index in [1.165, 1.54) is 43.6 Å². The average Bonchev–Trinajstić information content (AvgIpc) is 2.86. The molecule has 1 aliphatic heterocycles. The van der Waals surface area contributed by atoms with Crippen LogP contribution in [0.2, 0.25) is 0 Å². The van der Waals surface area contributed by atoms with Crippen LogP contribution in [0.25, 0.3) is 0 Å². The first-order valence-electron chi connectivity index (χ1n) is 7.26. The highest BCUT2D eigenvalue weighted by molar-refractivity contribution is 7.97. The molecule has 0 N–H and O–H groups in total. The molecular weight excluding hydrogens is 341 g/mol. The largest absolute Gasteiger partial charge is 0.741 e. The lowest BCUT2D eigenvalue weighted by atomic mass is 10.1. The molecule has 0 saturated carbocycles. The van der Waals surface area contributed by atoms with Crippen LogP contribution in [-0.4, -0.2) is 41.5 Å². The first kappa shape index (κ1) is 21.7. The predicted octanol–water partition coefficient (Wildman–Crippen LogP) is 2.99. The molecule has 0 aromatic carbocycles. The molecule has 22 heavy (non-hydrogen) atoms. The van der Waals surface area contributed by atoms with E-state index in [0.29, 0.717) is 16.7 Å². The van der Waals surface area contributed by atoms with Gasteiger partial charge in [0.1, 0.15) is 11.5 Å². The summed E-state index contributed by atoms with van der Waals surface area (Å²) in [6.45, 7) is 2.21. The molecule has 132 valence electrons. The van der Waals surface area contributed by atoms with Crippen molar-refractivity contribution in [3.05, 3.63) is 0 Å². The minimum Gasteiger partial charge on any atom is -0.741 e. The summed E-state index contributed by atoms with van der Waals surface area (Å²) in [6, 6.07) is 0. The molecule has 0 bridgehead atoms. The molecule has 1 saturated heterocycles. The summed E-state index contributed by atoms with van der Waals surface area (Å²) in [7, 11) is -5.60. The van der Waals surface area contributed by atoms with Crippen LogP contribution in [0, 0.1) is 0 Å². The van der Waals surface area contributed by atoms with Crippen molar-refractivity contribution in [1.82, 2.24) is 0 Å². The lowest BCUT2D eigenvalue weighted by Crippen LogP contribution is -2.21. The lowest BCUT2D eigenvalue weighted by Gasteiger charge is -2.08. The quantitative estimate of drug-likeness (QED) is 0.301. The van der Waals surface area contributed by atoms with E-state index >= 15 is 0 Å². The number of Topliss-reactive ketones (excluding diaryl/α,β-unsaturated/α-hetero) is 1. The number of alkyl halides is 3. The number of rotatable bonds is 7. The van der Waals surface area contributed by atoms with E-state index < -0.39 is 15.6 Å². The Labute approximate surface area is 132 Å². The molecule has 1 rings (SSSR count). The van der Waals surface area contributed by atoms with Crippen molar-refractivity contribution in [2.24, 2.45) is 0 Å². The molecule has 0 unspecified atom stereocenters. The van der Waals surface area contributed by atoms with E-state index in [1.807, 2.05) is 0 Å². The molecule has 1 aliphatic rings. The molecule has 0 radical (unpaired) electrons. The minimum atomic E-state index is -6.09. The molecule has 0 aromatic heterocycles. The molecule has 0 aromatic rings. The van der Waals surface area contributed by atoms with E-state index in [-0.39, 0.29) is 0 Å². The fraction of sp³-hybridized carbons (Fsp3) is 0.923. The number of hydrogen-bond acceptors (Lipinski definition) is 4. The normalized spacial score (nSPS) is 16.2. The van der Waals surface area contributed by atoms with Gasteiger partial charge in [-0.3, -0.25) is 4.79 Å². The molecule has 4 nitrogen and oxygen atoms in total. The summed E-state index contributed by atoms with van der Waals surface area (Å²) >= 11 is 0. The lowest BCUT2D eigenvalue weighted by molar-refractivity contribution is -0.116. The van der Waals surface area contributed by atoms with Crippen LogP contribution in [0.3, 0.4) is 0 Å². The van der Waals surface area contributed by atoms with Crippen LogP contribution in [0.1, 0.15) is 51.9 Å². The zero-order valence-corrected chi connectivity index (χ0v) is 14.3. The van der Waals surface area contributed by atoms with E-state index in [9.17, 15) is 18.0 Å². The third-order valence-electron chi connectivity index (χ3n) is 3.07. The summed E-state index contributed by atoms with van der Waals surface area (Å²) in [5.41, 5.74) is -5.65. The summed E-state index contributed by atoms with van der Waals surface area (Å²) in [5, 5.41) is 0. The van der Waals surface area contributed by atoms with Crippen LogP contribution in [0.15, 0.2) is 0 Å². The third-order valence-corrected chi connectivity index (χ3v) is 6.10. The van der Waals surface area contributed by atoms with Gasteiger partial charge in [-0.1, -0.05) is 26.2 Å². The Kier molecular flexibility index (Phi) is 10.4. The standard InChI is InChI=1S/C12H23OS.CHF3O3S/c1-2-3-4-5-8-12(13)11-14-9-6-7-10-14;2-1(3,4)8(5,6)7/h2-11H2,1H3;(H,5,6,7)/q+1;/p-1. The summed E-state index contributed by atoms with van der Waals surface area (Å²) in [5.74, 6) is 4.11. The highest BCUT2D eigenvalue weighted by atomic mass is 32.2. The maximum Gasteiger partial charge on any atom is 0.485 e. The zero-order valence-electron chi connectivity index (χ0n) is 12.7. The second-order valence-electron chi connectivity index (χ2n) is 5.12. The maximum atomic E-state index is 11.6. The molecule has 0 atom stereocenters. The molecular formula is C13H23F3O4S2. The Morgan fingerprint density at radius 1 is 1.14 bits per heavy atom. The smallest absolute Gasteiger partial charge is 0.485 e. The van der Waals surface area contributed by atoms with Gasteiger partial charge in [-0.15, -0.1) is 0 Å². The third kappa shape index (κ3) is 10.4. The van der Waals surface area contributed by atoms with Crippen LogP contribution in [0.4, 0.5) is 13.2 Å². The average molecular weight is 364 g/mol. The maximum absolute atomic E-state index is 11.6.